The van der Waals surface area contributed by atoms with E-state index in [4.69, 9.17) is 5.73 Å². The first-order valence-electron chi connectivity index (χ1n) is 7.38. The molecule has 3 atom stereocenters. The average Bonchev–Trinajstić information content (AvgIpc) is 2.37. The van der Waals surface area contributed by atoms with E-state index in [9.17, 15) is 13.2 Å². The lowest BCUT2D eigenvalue weighted by molar-refractivity contribution is -0.138. The Bertz CT molecular complexity index is 452. The highest BCUT2D eigenvalue weighted by Crippen LogP contribution is 2.26. The van der Waals surface area contributed by atoms with Gasteiger partial charge in [-0.2, -0.15) is 0 Å². The van der Waals surface area contributed by atoms with Gasteiger partial charge in [0.2, 0.25) is 15.9 Å². The fourth-order valence-corrected chi connectivity index (χ4v) is 4.07. The summed E-state index contributed by atoms with van der Waals surface area (Å²) >= 11 is 0. The van der Waals surface area contributed by atoms with Crippen LogP contribution in [-0.4, -0.2) is 50.7 Å². The monoisotopic (exact) mass is 303 g/mol. The highest BCUT2D eigenvalue weighted by molar-refractivity contribution is 7.88. The summed E-state index contributed by atoms with van der Waals surface area (Å²) in [5.74, 6) is 0.0259. The molecule has 0 bridgehead atoms. The zero-order chi connectivity index (χ0) is 14.8. The van der Waals surface area contributed by atoms with Crippen molar-refractivity contribution in [3.8, 4) is 0 Å². The van der Waals surface area contributed by atoms with Crippen LogP contribution in [0.15, 0.2) is 0 Å². The zero-order valence-electron chi connectivity index (χ0n) is 12.0. The quantitative estimate of drug-likeness (QED) is 0.770. The van der Waals surface area contributed by atoms with Gasteiger partial charge in [-0.25, -0.2) is 13.1 Å². The molecule has 0 radical (unpaired) electrons. The number of nitrogens with zero attached hydrogens (tertiary/aromatic N) is 1. The minimum absolute atomic E-state index is 0.0421. The number of hydrogen-bond acceptors (Lipinski definition) is 4. The third kappa shape index (κ3) is 4.17. The summed E-state index contributed by atoms with van der Waals surface area (Å²) < 4.78 is 25.2. The Labute approximate surface area is 121 Å². The number of rotatable bonds is 3. The Morgan fingerprint density at radius 1 is 1.20 bits per heavy atom. The Morgan fingerprint density at radius 3 is 2.55 bits per heavy atom. The van der Waals surface area contributed by atoms with Crippen LogP contribution in [0.5, 0.6) is 0 Å². The molecule has 1 aliphatic carbocycles. The topological polar surface area (TPSA) is 92.5 Å². The number of amides is 1. The van der Waals surface area contributed by atoms with E-state index in [-0.39, 0.29) is 23.9 Å². The minimum Gasteiger partial charge on any atom is -0.341 e. The summed E-state index contributed by atoms with van der Waals surface area (Å²) in [6.07, 6.45) is 6.71. The molecule has 0 aromatic heterocycles. The van der Waals surface area contributed by atoms with Crippen LogP contribution in [0.25, 0.3) is 0 Å². The Hall–Kier alpha value is -0.660. The molecule has 3 unspecified atom stereocenters. The molecule has 6 nitrogen and oxygen atoms in total. The largest absolute Gasteiger partial charge is 0.341 e. The maximum Gasteiger partial charge on any atom is 0.227 e. The molecule has 20 heavy (non-hydrogen) atoms. The number of carbonyl (C=O) groups is 1. The predicted octanol–water partition coefficient (Wildman–Crippen LogP) is 0.0441. The van der Waals surface area contributed by atoms with Crippen LogP contribution in [0.1, 0.15) is 38.5 Å². The summed E-state index contributed by atoms with van der Waals surface area (Å²) in [6.45, 7) is 1.18. The van der Waals surface area contributed by atoms with Crippen molar-refractivity contribution in [3.63, 3.8) is 0 Å². The van der Waals surface area contributed by atoms with Gasteiger partial charge in [0.1, 0.15) is 0 Å². The second-order valence-electron chi connectivity index (χ2n) is 6.07. The van der Waals surface area contributed by atoms with E-state index >= 15 is 0 Å². The maximum absolute atomic E-state index is 12.5. The molecular weight excluding hydrogens is 278 g/mol. The molecule has 2 rings (SSSR count). The van der Waals surface area contributed by atoms with Gasteiger partial charge in [0.25, 0.3) is 0 Å². The van der Waals surface area contributed by atoms with E-state index in [1.54, 1.807) is 4.90 Å². The maximum atomic E-state index is 12.5. The molecule has 1 saturated heterocycles. The Morgan fingerprint density at radius 2 is 1.90 bits per heavy atom. The van der Waals surface area contributed by atoms with Gasteiger partial charge >= 0.3 is 0 Å². The van der Waals surface area contributed by atoms with Crippen molar-refractivity contribution in [1.82, 2.24) is 9.62 Å². The van der Waals surface area contributed by atoms with E-state index in [0.717, 1.165) is 44.8 Å². The van der Waals surface area contributed by atoms with E-state index < -0.39 is 10.0 Å². The van der Waals surface area contributed by atoms with E-state index in [0.29, 0.717) is 13.1 Å². The van der Waals surface area contributed by atoms with Gasteiger partial charge in [-0.05, 0) is 25.7 Å². The van der Waals surface area contributed by atoms with Crippen LogP contribution in [0.2, 0.25) is 0 Å². The molecule has 2 aliphatic rings. The third-order valence-electron chi connectivity index (χ3n) is 4.25. The number of nitrogens with one attached hydrogen (secondary N) is 1. The van der Waals surface area contributed by atoms with Crippen molar-refractivity contribution < 1.29 is 13.2 Å². The molecule has 1 heterocycles. The first-order valence-corrected chi connectivity index (χ1v) is 9.27. The van der Waals surface area contributed by atoms with Crippen LogP contribution in [0, 0.1) is 5.92 Å². The van der Waals surface area contributed by atoms with Crippen molar-refractivity contribution in [3.05, 3.63) is 0 Å². The third-order valence-corrected chi connectivity index (χ3v) is 5.01. The standard InChI is InChI=1S/C13H25N3O3S/c1-20(18,19)15-10-5-4-8-16(9-10)13(17)11-6-2-3-7-12(11)14/h10-12,15H,2-9,14H2,1H3. The molecule has 1 amide bonds. The van der Waals surface area contributed by atoms with Gasteiger partial charge in [0, 0.05) is 25.2 Å². The molecule has 7 heteroatoms. The predicted molar refractivity (Wildman–Crippen MR) is 77.5 cm³/mol. The fraction of sp³-hybridized carbons (Fsp3) is 0.923. The number of nitrogens with two attached hydrogens (primary N) is 1. The van der Waals surface area contributed by atoms with Crippen LogP contribution < -0.4 is 10.5 Å². The van der Waals surface area contributed by atoms with E-state index in [2.05, 4.69) is 4.72 Å². The molecule has 0 aromatic rings. The van der Waals surface area contributed by atoms with Crippen LogP contribution in [-0.2, 0) is 14.8 Å². The molecule has 116 valence electrons. The van der Waals surface area contributed by atoms with Crippen molar-refractivity contribution in [2.24, 2.45) is 11.7 Å². The molecule has 0 spiro atoms. The number of hydrogen-bond donors (Lipinski definition) is 2. The molecule has 0 aromatic carbocycles. The molecular formula is C13H25N3O3S. The van der Waals surface area contributed by atoms with Gasteiger partial charge in [-0.3, -0.25) is 4.79 Å². The second-order valence-corrected chi connectivity index (χ2v) is 7.85. The lowest BCUT2D eigenvalue weighted by Crippen LogP contribution is -2.53. The summed E-state index contributed by atoms with van der Waals surface area (Å²) in [7, 11) is -3.22. The van der Waals surface area contributed by atoms with Crippen molar-refractivity contribution >= 4 is 15.9 Å². The summed E-state index contributed by atoms with van der Waals surface area (Å²) in [5, 5.41) is 0. The lowest BCUT2D eigenvalue weighted by Gasteiger charge is -2.37. The number of piperidine rings is 1. The fourth-order valence-electron chi connectivity index (χ4n) is 3.28. The molecule has 2 fully saturated rings. The molecule has 3 N–H and O–H groups in total. The highest BCUT2D eigenvalue weighted by atomic mass is 32.2. The highest BCUT2D eigenvalue weighted by Gasteiger charge is 2.34. The van der Waals surface area contributed by atoms with Gasteiger partial charge < -0.3 is 10.6 Å². The van der Waals surface area contributed by atoms with Gasteiger partial charge in [0.15, 0.2) is 0 Å². The second kappa shape index (κ2) is 6.41. The van der Waals surface area contributed by atoms with Gasteiger partial charge in [-0.1, -0.05) is 12.8 Å². The van der Waals surface area contributed by atoms with Crippen molar-refractivity contribution in [1.29, 1.82) is 0 Å². The number of carbonyl (C=O) groups excluding carboxylic acids is 1. The first kappa shape index (κ1) is 15.7. The average molecular weight is 303 g/mol. The molecule has 1 aliphatic heterocycles. The van der Waals surface area contributed by atoms with Gasteiger partial charge in [0.05, 0.1) is 12.2 Å². The van der Waals surface area contributed by atoms with Crippen LogP contribution in [0.3, 0.4) is 0 Å². The van der Waals surface area contributed by atoms with Crippen LogP contribution in [0.4, 0.5) is 0 Å². The summed E-state index contributed by atoms with van der Waals surface area (Å²) in [5.41, 5.74) is 6.06. The summed E-state index contributed by atoms with van der Waals surface area (Å²) in [6, 6.07) is -0.206. The lowest BCUT2D eigenvalue weighted by atomic mass is 9.83. The Kier molecular flexibility index (Phi) is 5.04. The van der Waals surface area contributed by atoms with Crippen LogP contribution >= 0.6 is 0 Å². The zero-order valence-corrected chi connectivity index (χ0v) is 12.9. The summed E-state index contributed by atoms with van der Waals surface area (Å²) in [4.78, 5) is 14.3. The Balaban J connectivity index is 1.95. The SMILES string of the molecule is CS(=O)(=O)NC1CCCN(C(=O)C2CCCCC2N)C1. The normalized spacial score (nSPS) is 32.1. The molecule has 1 saturated carbocycles. The van der Waals surface area contributed by atoms with E-state index in [1.165, 1.54) is 0 Å². The number of sulfonamides is 1. The number of likely N-dealkylation sites (tertiary alicyclic amines) is 1. The van der Waals surface area contributed by atoms with Gasteiger partial charge in [-0.15, -0.1) is 0 Å². The first-order chi connectivity index (χ1) is 9.37. The smallest absolute Gasteiger partial charge is 0.227 e. The minimum atomic E-state index is -3.22. The van der Waals surface area contributed by atoms with Crippen molar-refractivity contribution in [2.75, 3.05) is 19.3 Å². The van der Waals surface area contributed by atoms with Crippen molar-refractivity contribution in [2.45, 2.75) is 50.6 Å². The van der Waals surface area contributed by atoms with E-state index in [1.807, 2.05) is 0 Å².